The number of amides is 2. The zero-order chi connectivity index (χ0) is 21.2. The minimum atomic E-state index is -4.56. The maximum absolute atomic E-state index is 12.9. The lowest BCUT2D eigenvalue weighted by molar-refractivity contribution is -0.137. The summed E-state index contributed by atoms with van der Waals surface area (Å²) in [6.45, 7) is 1.96. The molecule has 0 fully saturated rings. The Morgan fingerprint density at radius 1 is 1.34 bits per heavy atom. The highest BCUT2D eigenvalue weighted by Crippen LogP contribution is 2.33. The molecule has 1 atom stereocenters. The molecule has 0 saturated heterocycles. The molecule has 11 heteroatoms. The van der Waals surface area contributed by atoms with Crippen molar-refractivity contribution in [1.29, 1.82) is 0 Å². The lowest BCUT2D eigenvalue weighted by Gasteiger charge is -2.23. The highest BCUT2D eigenvalue weighted by Gasteiger charge is 2.35. The van der Waals surface area contributed by atoms with Crippen LogP contribution in [0.15, 0.2) is 34.2 Å². The molecule has 2 amide bonds. The molecule has 3 N–H and O–H groups in total. The first kappa shape index (κ1) is 20.9. The van der Waals surface area contributed by atoms with Gasteiger partial charge in [0.25, 0.3) is 5.56 Å². The van der Waals surface area contributed by atoms with E-state index in [0.717, 1.165) is 24.6 Å². The number of carbonyl (C=O) groups is 2. The summed E-state index contributed by atoms with van der Waals surface area (Å²) >= 11 is 1.30. The van der Waals surface area contributed by atoms with Crippen LogP contribution in [0.2, 0.25) is 0 Å². The minimum absolute atomic E-state index is 0.00667. The highest BCUT2D eigenvalue weighted by molar-refractivity contribution is 7.99. The second-order valence-corrected chi connectivity index (χ2v) is 7.44. The van der Waals surface area contributed by atoms with Gasteiger partial charge in [0.2, 0.25) is 11.8 Å². The molecule has 0 aliphatic carbocycles. The third kappa shape index (κ3) is 4.78. The van der Waals surface area contributed by atoms with Gasteiger partial charge in [0.15, 0.2) is 5.16 Å². The van der Waals surface area contributed by atoms with E-state index in [4.69, 9.17) is 0 Å². The number of hydrogen-bond donors (Lipinski definition) is 3. The van der Waals surface area contributed by atoms with Gasteiger partial charge in [-0.05, 0) is 24.6 Å². The molecule has 0 bridgehead atoms. The van der Waals surface area contributed by atoms with Crippen LogP contribution >= 0.6 is 11.8 Å². The molecule has 154 valence electrons. The van der Waals surface area contributed by atoms with E-state index < -0.39 is 35.0 Å². The van der Waals surface area contributed by atoms with Gasteiger partial charge in [-0.3, -0.25) is 14.4 Å². The van der Waals surface area contributed by atoms with Gasteiger partial charge >= 0.3 is 6.18 Å². The van der Waals surface area contributed by atoms with Crippen molar-refractivity contribution >= 4 is 35.1 Å². The zero-order valence-electron chi connectivity index (χ0n) is 15.2. The van der Waals surface area contributed by atoms with Crippen molar-refractivity contribution in [3.63, 3.8) is 0 Å². The van der Waals surface area contributed by atoms with E-state index in [1.807, 2.05) is 6.92 Å². The number of carbonyl (C=O) groups excluding carboxylic acids is 2. The average Bonchev–Trinajstić information content (AvgIpc) is 2.64. The maximum Gasteiger partial charge on any atom is 0.416 e. The quantitative estimate of drug-likeness (QED) is 0.503. The fourth-order valence-electron chi connectivity index (χ4n) is 2.84. The third-order valence-corrected chi connectivity index (χ3v) is 5.23. The lowest BCUT2D eigenvalue weighted by atomic mass is 9.92. The second-order valence-electron chi connectivity index (χ2n) is 6.35. The van der Waals surface area contributed by atoms with Crippen LogP contribution in [-0.2, 0) is 15.8 Å². The molecule has 3 rings (SSSR count). The van der Waals surface area contributed by atoms with Crippen LogP contribution in [0.3, 0.4) is 0 Å². The monoisotopic (exact) mass is 426 g/mol. The fraction of sp³-hybridized carbons (Fsp3) is 0.333. The Morgan fingerprint density at radius 3 is 2.79 bits per heavy atom. The number of thioether (sulfide) groups is 1. The smallest absolute Gasteiger partial charge is 0.326 e. The van der Waals surface area contributed by atoms with Crippen LogP contribution in [-0.4, -0.2) is 27.5 Å². The van der Waals surface area contributed by atoms with Crippen molar-refractivity contribution in [2.24, 2.45) is 0 Å². The number of nitrogens with zero attached hydrogens (tertiary/aromatic N) is 1. The van der Waals surface area contributed by atoms with Crippen molar-refractivity contribution in [3.8, 4) is 0 Å². The van der Waals surface area contributed by atoms with E-state index in [0.29, 0.717) is 10.9 Å². The topological polar surface area (TPSA) is 104 Å². The number of hydrogen-bond acceptors (Lipinski definition) is 5. The van der Waals surface area contributed by atoms with Crippen molar-refractivity contribution in [2.45, 2.75) is 37.0 Å². The van der Waals surface area contributed by atoms with Gasteiger partial charge in [-0.25, -0.2) is 4.98 Å². The molecular formula is C18H17F3N4O3S. The van der Waals surface area contributed by atoms with Crippen LogP contribution in [0.4, 0.5) is 24.7 Å². The van der Waals surface area contributed by atoms with Crippen LogP contribution in [0, 0.1) is 0 Å². The summed E-state index contributed by atoms with van der Waals surface area (Å²) in [5, 5.41) is 5.15. The molecule has 1 aliphatic rings. The molecule has 1 aliphatic heterocycles. The van der Waals surface area contributed by atoms with Gasteiger partial charge in [-0.15, -0.1) is 0 Å². The first-order valence-electron chi connectivity index (χ1n) is 8.74. The molecular weight excluding hydrogens is 409 g/mol. The SMILES string of the molecule is CCCSc1nc2c(c(=O)[nH]1)[C@@H](C(=O)Nc1cccc(C(F)(F)F)c1)CC(=O)N2. The lowest BCUT2D eigenvalue weighted by Crippen LogP contribution is -2.36. The van der Waals surface area contributed by atoms with Crippen LogP contribution in [0.25, 0.3) is 0 Å². The number of H-pyrrole nitrogens is 1. The summed E-state index contributed by atoms with van der Waals surface area (Å²) in [5.41, 5.74) is -1.60. The standard InChI is InChI=1S/C18H17F3N4O3S/c1-2-6-29-17-24-14-13(16(28)25-17)11(8-12(26)23-14)15(27)22-10-5-3-4-9(7-10)18(19,20)21/h3-5,7,11H,2,6,8H2,1H3,(H,22,27)(H2,23,24,25,26,28)/t11-/m0/s1. The van der Waals surface area contributed by atoms with Gasteiger partial charge in [0, 0.05) is 17.9 Å². The third-order valence-electron chi connectivity index (χ3n) is 4.15. The average molecular weight is 426 g/mol. The zero-order valence-corrected chi connectivity index (χ0v) is 16.0. The summed E-state index contributed by atoms with van der Waals surface area (Å²) < 4.78 is 38.6. The van der Waals surface area contributed by atoms with Crippen LogP contribution in [0.5, 0.6) is 0 Å². The number of alkyl halides is 3. The predicted octanol–water partition coefficient (Wildman–Crippen LogP) is 3.36. The van der Waals surface area contributed by atoms with E-state index in [-0.39, 0.29) is 23.5 Å². The number of rotatable bonds is 5. The molecule has 1 aromatic carbocycles. The van der Waals surface area contributed by atoms with Gasteiger partial charge in [-0.1, -0.05) is 24.8 Å². The Hall–Kier alpha value is -2.82. The van der Waals surface area contributed by atoms with E-state index in [1.54, 1.807) is 0 Å². The van der Waals surface area contributed by atoms with Gasteiger partial charge in [-0.2, -0.15) is 13.2 Å². The summed E-state index contributed by atoms with van der Waals surface area (Å²) in [7, 11) is 0. The molecule has 0 saturated carbocycles. The summed E-state index contributed by atoms with van der Waals surface area (Å²) in [4.78, 5) is 44.0. The van der Waals surface area contributed by atoms with Crippen molar-refractivity contribution < 1.29 is 22.8 Å². The van der Waals surface area contributed by atoms with Gasteiger partial charge in [0.1, 0.15) is 5.82 Å². The molecule has 2 aromatic rings. The van der Waals surface area contributed by atoms with Gasteiger partial charge < -0.3 is 15.6 Å². The number of halogens is 3. The summed E-state index contributed by atoms with van der Waals surface area (Å²) in [6.07, 6.45) is -4.03. The van der Waals surface area contributed by atoms with Crippen LogP contribution in [0.1, 0.15) is 36.8 Å². The molecule has 1 aromatic heterocycles. The molecule has 0 unspecified atom stereocenters. The molecule has 7 nitrogen and oxygen atoms in total. The van der Waals surface area contributed by atoms with Gasteiger partial charge in [0.05, 0.1) is 17.0 Å². The van der Waals surface area contributed by atoms with E-state index >= 15 is 0 Å². The van der Waals surface area contributed by atoms with E-state index in [2.05, 4.69) is 20.6 Å². The molecule has 2 heterocycles. The molecule has 29 heavy (non-hydrogen) atoms. The largest absolute Gasteiger partial charge is 0.416 e. The predicted molar refractivity (Wildman–Crippen MR) is 102 cm³/mol. The van der Waals surface area contributed by atoms with E-state index in [1.165, 1.54) is 17.8 Å². The number of fused-ring (bicyclic) bond motifs is 1. The minimum Gasteiger partial charge on any atom is -0.326 e. The normalized spacial score (nSPS) is 16.1. The Kier molecular flexibility index (Phi) is 5.96. The number of aromatic amines is 1. The van der Waals surface area contributed by atoms with Crippen molar-refractivity contribution in [1.82, 2.24) is 9.97 Å². The number of benzene rings is 1. The molecule has 0 radical (unpaired) electrons. The Labute approximate surface area is 167 Å². The first-order chi connectivity index (χ1) is 13.7. The van der Waals surface area contributed by atoms with Crippen molar-refractivity contribution in [3.05, 3.63) is 45.7 Å². The number of anilines is 2. The van der Waals surface area contributed by atoms with Crippen LogP contribution < -0.4 is 16.2 Å². The molecule has 0 spiro atoms. The Balaban J connectivity index is 1.89. The van der Waals surface area contributed by atoms with E-state index in [9.17, 15) is 27.6 Å². The second kappa shape index (κ2) is 8.27. The first-order valence-corrected chi connectivity index (χ1v) is 9.72. The Morgan fingerprint density at radius 2 is 2.10 bits per heavy atom. The summed E-state index contributed by atoms with van der Waals surface area (Å²) in [6, 6.07) is 4.12. The Bertz CT molecular complexity index is 1010. The maximum atomic E-state index is 12.9. The highest BCUT2D eigenvalue weighted by atomic mass is 32.2. The number of aromatic nitrogens is 2. The summed E-state index contributed by atoms with van der Waals surface area (Å²) in [5.74, 6) is -1.75. The van der Waals surface area contributed by atoms with Crippen molar-refractivity contribution in [2.75, 3.05) is 16.4 Å². The number of nitrogens with one attached hydrogen (secondary N) is 3. The fourth-order valence-corrected chi connectivity index (χ4v) is 3.56.